The van der Waals surface area contributed by atoms with Gasteiger partial charge >= 0.3 is 0 Å². The van der Waals surface area contributed by atoms with Crippen molar-refractivity contribution < 1.29 is 9.90 Å². The van der Waals surface area contributed by atoms with E-state index in [1.165, 1.54) is 6.07 Å². The Morgan fingerprint density at radius 1 is 1.50 bits per heavy atom. The van der Waals surface area contributed by atoms with E-state index in [0.29, 0.717) is 22.0 Å². The molecule has 1 amide bonds. The Bertz CT molecular complexity index is 409. The third kappa shape index (κ3) is 4.69. The maximum Gasteiger partial charge on any atom is 0.253 e. The first-order valence-electron chi connectivity index (χ1n) is 5.44. The molecule has 0 saturated carbocycles. The summed E-state index contributed by atoms with van der Waals surface area (Å²) in [4.78, 5) is 12.0. The number of amides is 1. The van der Waals surface area contributed by atoms with Crippen LogP contribution in [0, 0.1) is 0 Å². The maximum atomic E-state index is 12.0. The second-order valence-corrected chi connectivity index (χ2v) is 5.52. The van der Waals surface area contributed by atoms with Gasteiger partial charge in [-0.3, -0.25) is 4.79 Å². The van der Waals surface area contributed by atoms with Crippen molar-refractivity contribution in [2.45, 2.75) is 12.5 Å². The fourth-order valence-corrected chi connectivity index (χ4v) is 2.64. The Labute approximate surface area is 121 Å². The molecule has 0 bridgehead atoms. The Hall–Kier alpha value is -0.420. The van der Waals surface area contributed by atoms with Crippen LogP contribution in [0.1, 0.15) is 16.8 Å². The first-order chi connectivity index (χ1) is 8.58. The quantitative estimate of drug-likeness (QED) is 0.849. The molecule has 0 spiro atoms. The van der Waals surface area contributed by atoms with E-state index >= 15 is 0 Å². The van der Waals surface area contributed by atoms with E-state index in [-0.39, 0.29) is 18.6 Å². The Morgan fingerprint density at radius 3 is 2.78 bits per heavy atom. The minimum absolute atomic E-state index is 0.0415. The van der Waals surface area contributed by atoms with Crippen LogP contribution in [-0.2, 0) is 0 Å². The molecule has 100 valence electrons. The molecule has 0 aliphatic heterocycles. The van der Waals surface area contributed by atoms with Crippen molar-refractivity contribution in [1.82, 2.24) is 5.32 Å². The van der Waals surface area contributed by atoms with Gasteiger partial charge in [-0.15, -0.1) is 0 Å². The van der Waals surface area contributed by atoms with Crippen molar-refractivity contribution >= 4 is 40.9 Å². The van der Waals surface area contributed by atoms with Crippen molar-refractivity contribution in [2.75, 3.05) is 18.6 Å². The normalized spacial score (nSPS) is 12.2. The van der Waals surface area contributed by atoms with E-state index in [1.807, 2.05) is 6.26 Å². The summed E-state index contributed by atoms with van der Waals surface area (Å²) >= 11 is 13.3. The Morgan fingerprint density at radius 2 is 2.22 bits per heavy atom. The van der Waals surface area contributed by atoms with Gasteiger partial charge in [-0.25, -0.2) is 0 Å². The van der Waals surface area contributed by atoms with Gasteiger partial charge < -0.3 is 10.4 Å². The molecule has 1 unspecified atom stereocenters. The van der Waals surface area contributed by atoms with E-state index in [1.54, 1.807) is 23.9 Å². The number of aliphatic hydroxyl groups excluding tert-OH is 1. The zero-order chi connectivity index (χ0) is 13.5. The van der Waals surface area contributed by atoms with Crippen LogP contribution in [-0.4, -0.2) is 35.7 Å². The molecule has 0 saturated heterocycles. The third-order valence-electron chi connectivity index (χ3n) is 2.36. The van der Waals surface area contributed by atoms with Crippen molar-refractivity contribution in [2.24, 2.45) is 0 Å². The molecule has 2 N–H and O–H groups in total. The molecule has 18 heavy (non-hydrogen) atoms. The van der Waals surface area contributed by atoms with Crippen LogP contribution in [0.2, 0.25) is 10.0 Å². The first-order valence-corrected chi connectivity index (χ1v) is 7.59. The third-order valence-corrected chi connectivity index (χ3v) is 3.64. The number of nitrogens with one attached hydrogen (secondary N) is 1. The standard InChI is InChI=1S/C12H15Cl2NO2S/c1-18-7-9(4-5-16)15-12(17)10-3-2-8(13)6-11(10)14/h2-3,6,9,16H,4-5,7H2,1H3,(H,15,17). The predicted octanol–water partition coefficient (Wildman–Crippen LogP) is 2.84. The van der Waals surface area contributed by atoms with Crippen molar-refractivity contribution in [3.8, 4) is 0 Å². The van der Waals surface area contributed by atoms with Crippen LogP contribution in [0.15, 0.2) is 18.2 Å². The Balaban J connectivity index is 2.73. The highest BCUT2D eigenvalue weighted by molar-refractivity contribution is 7.98. The number of aliphatic hydroxyl groups is 1. The highest BCUT2D eigenvalue weighted by Gasteiger charge is 2.15. The fourth-order valence-electron chi connectivity index (χ4n) is 1.49. The number of benzene rings is 1. The van der Waals surface area contributed by atoms with E-state index in [9.17, 15) is 4.79 Å². The number of hydrogen-bond acceptors (Lipinski definition) is 3. The van der Waals surface area contributed by atoms with Gasteiger partial charge in [0.1, 0.15) is 0 Å². The molecule has 1 aromatic carbocycles. The Kier molecular flexibility index (Phi) is 6.86. The molecular weight excluding hydrogens is 293 g/mol. The molecule has 0 aliphatic rings. The monoisotopic (exact) mass is 307 g/mol. The van der Waals surface area contributed by atoms with E-state index in [0.717, 1.165) is 5.75 Å². The van der Waals surface area contributed by atoms with Gasteiger partial charge in [0, 0.05) is 23.4 Å². The smallest absolute Gasteiger partial charge is 0.253 e. The predicted molar refractivity (Wildman–Crippen MR) is 77.8 cm³/mol. The summed E-state index contributed by atoms with van der Waals surface area (Å²) in [5.41, 5.74) is 0.394. The highest BCUT2D eigenvalue weighted by atomic mass is 35.5. The van der Waals surface area contributed by atoms with Gasteiger partial charge in [-0.2, -0.15) is 11.8 Å². The average molecular weight is 308 g/mol. The first kappa shape index (κ1) is 15.6. The summed E-state index contributed by atoms with van der Waals surface area (Å²) in [5.74, 6) is 0.501. The van der Waals surface area contributed by atoms with Crippen LogP contribution < -0.4 is 5.32 Å². The van der Waals surface area contributed by atoms with Crippen LogP contribution in [0.4, 0.5) is 0 Å². The zero-order valence-electron chi connectivity index (χ0n) is 9.95. The number of rotatable bonds is 6. The second-order valence-electron chi connectivity index (χ2n) is 3.76. The topological polar surface area (TPSA) is 49.3 Å². The summed E-state index contributed by atoms with van der Waals surface area (Å²) in [7, 11) is 0. The van der Waals surface area contributed by atoms with E-state index in [4.69, 9.17) is 28.3 Å². The summed E-state index contributed by atoms with van der Waals surface area (Å²) in [6.07, 6.45) is 2.48. The lowest BCUT2D eigenvalue weighted by Gasteiger charge is -2.17. The molecule has 1 aromatic rings. The lowest BCUT2D eigenvalue weighted by atomic mass is 10.2. The minimum atomic E-state index is -0.246. The molecule has 6 heteroatoms. The molecule has 0 aliphatic carbocycles. The lowest BCUT2D eigenvalue weighted by Crippen LogP contribution is -2.37. The summed E-state index contributed by atoms with van der Waals surface area (Å²) in [5, 5.41) is 12.6. The van der Waals surface area contributed by atoms with Crippen molar-refractivity contribution in [3.05, 3.63) is 33.8 Å². The van der Waals surface area contributed by atoms with Gasteiger partial charge in [0.2, 0.25) is 0 Å². The molecule has 0 fully saturated rings. The van der Waals surface area contributed by atoms with Gasteiger partial charge in [0.05, 0.1) is 10.6 Å². The molecule has 0 heterocycles. The van der Waals surface area contributed by atoms with E-state index in [2.05, 4.69) is 5.32 Å². The zero-order valence-corrected chi connectivity index (χ0v) is 12.3. The number of carbonyl (C=O) groups is 1. The van der Waals surface area contributed by atoms with Gasteiger partial charge in [-0.05, 0) is 30.9 Å². The van der Waals surface area contributed by atoms with Crippen LogP contribution in [0.25, 0.3) is 0 Å². The average Bonchev–Trinajstić information content (AvgIpc) is 2.29. The van der Waals surface area contributed by atoms with Crippen LogP contribution in [0.5, 0.6) is 0 Å². The number of thioether (sulfide) groups is 1. The van der Waals surface area contributed by atoms with Crippen molar-refractivity contribution in [3.63, 3.8) is 0 Å². The molecule has 0 radical (unpaired) electrons. The number of halogens is 2. The lowest BCUT2D eigenvalue weighted by molar-refractivity contribution is 0.0935. The minimum Gasteiger partial charge on any atom is -0.396 e. The molecule has 3 nitrogen and oxygen atoms in total. The SMILES string of the molecule is CSCC(CCO)NC(=O)c1ccc(Cl)cc1Cl. The molecular formula is C12H15Cl2NO2S. The molecule has 1 rings (SSSR count). The fraction of sp³-hybridized carbons (Fsp3) is 0.417. The van der Waals surface area contributed by atoms with Crippen LogP contribution in [0.3, 0.4) is 0 Å². The molecule has 0 aromatic heterocycles. The van der Waals surface area contributed by atoms with Crippen molar-refractivity contribution in [1.29, 1.82) is 0 Å². The number of hydrogen-bond donors (Lipinski definition) is 2. The summed E-state index contributed by atoms with van der Waals surface area (Å²) in [6.45, 7) is 0.0415. The van der Waals surface area contributed by atoms with Gasteiger partial charge in [0.15, 0.2) is 0 Å². The largest absolute Gasteiger partial charge is 0.396 e. The van der Waals surface area contributed by atoms with Gasteiger partial charge in [-0.1, -0.05) is 23.2 Å². The maximum absolute atomic E-state index is 12.0. The van der Waals surface area contributed by atoms with E-state index < -0.39 is 0 Å². The van der Waals surface area contributed by atoms with Crippen LogP contribution >= 0.6 is 35.0 Å². The van der Waals surface area contributed by atoms with Gasteiger partial charge in [0.25, 0.3) is 5.91 Å². The second kappa shape index (κ2) is 7.89. The summed E-state index contributed by atoms with van der Waals surface area (Å²) < 4.78 is 0. The molecule has 1 atom stereocenters. The highest BCUT2D eigenvalue weighted by Crippen LogP contribution is 2.21. The number of carbonyl (C=O) groups excluding carboxylic acids is 1. The summed E-state index contributed by atoms with van der Waals surface area (Å²) in [6, 6.07) is 4.69.